The van der Waals surface area contributed by atoms with E-state index < -0.39 is 5.97 Å². The van der Waals surface area contributed by atoms with Crippen molar-refractivity contribution in [1.82, 2.24) is 38.5 Å². The first-order valence-electron chi connectivity index (χ1n) is 18.0. The number of carboxylic acids is 1. The van der Waals surface area contributed by atoms with Crippen molar-refractivity contribution in [2.45, 2.75) is 38.5 Å². The van der Waals surface area contributed by atoms with E-state index >= 15 is 0 Å². The number of fused-ring (bicyclic) bond motifs is 3. The number of aromatic nitrogens is 6. The van der Waals surface area contributed by atoms with E-state index in [1.165, 1.54) is 23.4 Å². The van der Waals surface area contributed by atoms with Crippen LogP contribution in [0.15, 0.2) is 60.8 Å². The normalized spacial score (nSPS) is 16.1. The number of aliphatic carboxylic acids is 1. The lowest BCUT2D eigenvalue weighted by molar-refractivity contribution is -0.143. The number of carbonyl (C=O) groups is 2. The van der Waals surface area contributed by atoms with Gasteiger partial charge in [-0.2, -0.15) is 8.75 Å². The van der Waals surface area contributed by atoms with Crippen LogP contribution in [0.3, 0.4) is 0 Å². The van der Waals surface area contributed by atoms with Crippen LogP contribution in [-0.2, 0) is 22.4 Å². The van der Waals surface area contributed by atoms with Crippen LogP contribution in [-0.4, -0.2) is 102 Å². The molecule has 53 heavy (non-hydrogen) atoms. The van der Waals surface area contributed by atoms with E-state index in [-0.39, 0.29) is 23.6 Å². The molecule has 0 unspecified atom stereocenters. The number of piperidine rings is 2. The Hall–Kier alpha value is -5.12. The SMILES string of the molecule is COc1ccc2nccc(NC(=O)C3CCN(CCc4nc5c(F)cccc5[nH]4)CC3)c2n1.O=C(O)C1CCN(CCc2ccc3nsnc3c2)CC1. The lowest BCUT2D eigenvalue weighted by Gasteiger charge is -2.31. The zero-order valence-corrected chi connectivity index (χ0v) is 30.3. The lowest BCUT2D eigenvalue weighted by atomic mass is 9.95. The average Bonchev–Trinajstić information content (AvgIpc) is 3.84. The third-order valence-corrected chi connectivity index (χ3v) is 10.7. The quantitative estimate of drug-likeness (QED) is 0.161. The van der Waals surface area contributed by atoms with Crippen LogP contribution in [0.4, 0.5) is 10.1 Å². The Bertz CT molecular complexity index is 2200. The van der Waals surface area contributed by atoms with E-state index in [1.807, 2.05) is 18.2 Å². The van der Waals surface area contributed by atoms with Crippen molar-refractivity contribution in [3.05, 3.63) is 78.0 Å². The number of amides is 1. The Morgan fingerprint density at radius 3 is 2.34 bits per heavy atom. The number of methoxy groups -OCH3 is 1. The second-order valence-electron chi connectivity index (χ2n) is 13.5. The van der Waals surface area contributed by atoms with Crippen molar-refractivity contribution in [3.8, 4) is 5.88 Å². The summed E-state index contributed by atoms with van der Waals surface area (Å²) in [6, 6.07) is 16.5. The van der Waals surface area contributed by atoms with Crippen LogP contribution in [0.25, 0.3) is 33.1 Å². The molecular formula is C38H42FN9O4S. The maximum Gasteiger partial charge on any atom is 0.306 e. The molecule has 2 saturated heterocycles. The molecule has 13 nitrogen and oxygen atoms in total. The van der Waals surface area contributed by atoms with Gasteiger partial charge in [-0.25, -0.2) is 14.4 Å². The predicted molar refractivity (Wildman–Crippen MR) is 202 cm³/mol. The van der Waals surface area contributed by atoms with E-state index in [1.54, 1.807) is 31.5 Å². The van der Waals surface area contributed by atoms with Crippen molar-refractivity contribution in [2.24, 2.45) is 11.8 Å². The smallest absolute Gasteiger partial charge is 0.306 e. The number of nitrogens with one attached hydrogen (secondary N) is 2. The summed E-state index contributed by atoms with van der Waals surface area (Å²) in [5.41, 5.74) is 6.26. The van der Waals surface area contributed by atoms with Crippen molar-refractivity contribution < 1.29 is 23.8 Å². The molecular weight excluding hydrogens is 698 g/mol. The summed E-state index contributed by atoms with van der Waals surface area (Å²) >= 11 is 1.24. The number of aromatic amines is 1. The van der Waals surface area contributed by atoms with Crippen LogP contribution >= 0.6 is 11.7 Å². The molecule has 1 amide bonds. The largest absolute Gasteiger partial charge is 0.481 e. The standard InChI is InChI=1S/C24H25FN6O2.C14H17N3O2S/c1-33-21-6-5-17-23(30-21)19(7-11-26-17)28-24(32)15-8-12-31(13-9-15)14-10-20-27-18-4-2-3-16(25)22(18)29-20;18-14(19)11-4-7-17(8-5-11)6-3-10-1-2-12-13(9-10)16-20-15-12/h2-7,11,15H,8-10,12-14H2,1H3,(H,27,29)(H,26,28,32);1-2,9,11H,3-8H2,(H,18,19). The maximum absolute atomic E-state index is 13.8. The van der Waals surface area contributed by atoms with Gasteiger partial charge in [0, 0.05) is 37.7 Å². The van der Waals surface area contributed by atoms with Gasteiger partial charge in [0.2, 0.25) is 11.8 Å². The topological polar surface area (TPSA) is 162 Å². The fourth-order valence-corrected chi connectivity index (χ4v) is 7.50. The molecule has 0 radical (unpaired) electrons. The predicted octanol–water partition coefficient (Wildman–Crippen LogP) is 5.58. The molecule has 3 N–H and O–H groups in total. The summed E-state index contributed by atoms with van der Waals surface area (Å²) in [5, 5.41) is 12.0. The highest BCUT2D eigenvalue weighted by atomic mass is 32.1. The number of H-pyrrole nitrogens is 1. The number of rotatable bonds is 10. The van der Waals surface area contributed by atoms with Crippen LogP contribution in [0.2, 0.25) is 0 Å². The average molecular weight is 740 g/mol. The van der Waals surface area contributed by atoms with E-state index in [9.17, 15) is 14.0 Å². The lowest BCUT2D eigenvalue weighted by Crippen LogP contribution is -2.39. The number of nitrogens with zero attached hydrogens (tertiary/aromatic N) is 7. The summed E-state index contributed by atoms with van der Waals surface area (Å²) in [4.78, 5) is 44.8. The van der Waals surface area contributed by atoms with Gasteiger partial charge in [0.05, 0.1) is 41.5 Å². The molecule has 276 valence electrons. The first kappa shape index (κ1) is 36.2. The number of para-hydroxylation sites is 1. The van der Waals surface area contributed by atoms with Crippen molar-refractivity contribution >= 4 is 62.4 Å². The third kappa shape index (κ3) is 8.92. The molecule has 2 aromatic carbocycles. The number of carbonyl (C=O) groups excluding carboxylic acids is 1. The van der Waals surface area contributed by atoms with Gasteiger partial charge in [0.1, 0.15) is 27.9 Å². The Balaban J connectivity index is 0.000000186. The maximum atomic E-state index is 13.8. The monoisotopic (exact) mass is 739 g/mol. The molecule has 0 bridgehead atoms. The molecule has 8 rings (SSSR count). The van der Waals surface area contributed by atoms with Crippen LogP contribution < -0.4 is 10.1 Å². The van der Waals surface area contributed by atoms with Crippen molar-refractivity contribution in [3.63, 3.8) is 0 Å². The number of imidazole rings is 1. The molecule has 2 aliphatic heterocycles. The summed E-state index contributed by atoms with van der Waals surface area (Å²) in [6.07, 6.45) is 6.45. The summed E-state index contributed by atoms with van der Waals surface area (Å²) in [6.45, 7) is 5.23. The molecule has 6 heterocycles. The third-order valence-electron chi connectivity index (χ3n) is 10.1. The Morgan fingerprint density at radius 1 is 0.887 bits per heavy atom. The first-order chi connectivity index (χ1) is 25.8. The molecule has 15 heteroatoms. The molecule has 0 atom stereocenters. The number of pyridine rings is 2. The molecule has 2 aliphatic rings. The van der Waals surface area contributed by atoms with Gasteiger partial charge >= 0.3 is 5.97 Å². The van der Waals surface area contributed by atoms with Crippen molar-refractivity contribution in [2.75, 3.05) is 51.7 Å². The number of hydrogen-bond acceptors (Lipinski definition) is 11. The van der Waals surface area contributed by atoms with E-state index in [0.717, 1.165) is 93.7 Å². The Labute approximate surface area is 309 Å². The number of likely N-dealkylation sites (tertiary alicyclic amines) is 2. The minimum absolute atomic E-state index is 0.000436. The van der Waals surface area contributed by atoms with Gasteiger partial charge in [0.15, 0.2) is 5.82 Å². The fraction of sp³-hybridized carbons (Fsp3) is 0.395. The summed E-state index contributed by atoms with van der Waals surface area (Å²) in [7, 11) is 1.56. The van der Waals surface area contributed by atoms with Gasteiger partial charge in [0.25, 0.3) is 0 Å². The summed E-state index contributed by atoms with van der Waals surface area (Å²) in [5.74, 6) is 0.0936. The Morgan fingerprint density at radius 2 is 1.60 bits per heavy atom. The van der Waals surface area contributed by atoms with E-state index in [2.05, 4.69) is 55.9 Å². The molecule has 0 aliphatic carbocycles. The number of benzene rings is 2. The van der Waals surface area contributed by atoms with E-state index in [4.69, 9.17) is 9.84 Å². The second-order valence-corrected chi connectivity index (χ2v) is 14.1. The van der Waals surface area contributed by atoms with Gasteiger partial charge in [-0.3, -0.25) is 14.6 Å². The van der Waals surface area contributed by atoms with Crippen LogP contribution in [0, 0.1) is 17.7 Å². The van der Waals surface area contributed by atoms with Crippen LogP contribution in [0.1, 0.15) is 37.1 Å². The fourth-order valence-electron chi connectivity index (χ4n) is 6.98. The minimum Gasteiger partial charge on any atom is -0.481 e. The highest BCUT2D eigenvalue weighted by molar-refractivity contribution is 7.00. The van der Waals surface area contributed by atoms with Crippen molar-refractivity contribution in [1.29, 1.82) is 0 Å². The highest BCUT2D eigenvalue weighted by Gasteiger charge is 2.26. The zero-order valence-electron chi connectivity index (χ0n) is 29.5. The molecule has 0 saturated carbocycles. The van der Waals surface area contributed by atoms with Gasteiger partial charge in [-0.15, -0.1) is 0 Å². The molecule has 0 spiro atoms. The van der Waals surface area contributed by atoms with Crippen LogP contribution in [0.5, 0.6) is 5.88 Å². The number of carboxylic acid groups (broad SMARTS) is 1. The highest BCUT2D eigenvalue weighted by Crippen LogP contribution is 2.25. The van der Waals surface area contributed by atoms with Gasteiger partial charge in [-0.05, 0) is 100 Å². The number of ether oxygens (including phenoxy) is 1. The number of hydrogen-bond donors (Lipinski definition) is 3. The zero-order chi connectivity index (χ0) is 36.7. The van der Waals surface area contributed by atoms with Gasteiger partial charge < -0.3 is 29.9 Å². The summed E-state index contributed by atoms with van der Waals surface area (Å²) < 4.78 is 27.5. The molecule has 4 aromatic heterocycles. The Kier molecular flexibility index (Phi) is 11.4. The van der Waals surface area contributed by atoms with E-state index in [0.29, 0.717) is 34.5 Å². The molecule has 2 fully saturated rings. The minimum atomic E-state index is -0.647. The number of halogens is 1. The van der Waals surface area contributed by atoms with Gasteiger partial charge in [-0.1, -0.05) is 12.1 Å². The first-order valence-corrected chi connectivity index (χ1v) is 18.7. The second kappa shape index (κ2) is 16.7. The molecule has 6 aromatic rings. The number of anilines is 1.